The number of para-hydroxylation sites is 2. The van der Waals surface area contributed by atoms with Crippen LogP contribution in [0.1, 0.15) is 132 Å². The van der Waals surface area contributed by atoms with Crippen molar-refractivity contribution in [1.29, 1.82) is 0 Å². The van der Waals surface area contributed by atoms with Crippen LogP contribution in [-0.4, -0.2) is 15.8 Å². The van der Waals surface area contributed by atoms with Crippen LogP contribution in [0.4, 0.5) is 34.1 Å². The lowest BCUT2D eigenvalue weighted by Gasteiger charge is -2.46. The fourth-order valence-corrected chi connectivity index (χ4v) is 19.0. The van der Waals surface area contributed by atoms with E-state index in [-0.39, 0.29) is 33.8 Å². The Morgan fingerprint density at radius 2 is 0.415 bits per heavy atom. The third kappa shape index (κ3) is 14.4. The summed E-state index contributed by atoms with van der Waals surface area (Å²) in [5.74, 6) is 0. The molecule has 15 aromatic carbocycles. The van der Waals surface area contributed by atoms with Crippen LogP contribution < -0.4 is 26.2 Å². The first-order chi connectivity index (χ1) is 59.2. The van der Waals surface area contributed by atoms with Crippen molar-refractivity contribution in [1.82, 2.24) is 9.13 Å². The molecule has 0 atom stereocenters. The molecule has 2 aromatic heterocycles. The Kier molecular flexibility index (Phi) is 19.9. The number of nitrogens with zero attached hydrogens (tertiary/aromatic N) is 4. The summed E-state index contributed by atoms with van der Waals surface area (Å²) in [4.78, 5) is 5.42. The van der Waals surface area contributed by atoms with Gasteiger partial charge in [-0.05, 0) is 175 Å². The van der Waals surface area contributed by atoms with Crippen LogP contribution in [0.2, 0.25) is 0 Å². The Bertz CT molecular complexity index is 6150. The van der Waals surface area contributed by atoms with Crippen molar-refractivity contribution < 1.29 is 0 Å². The van der Waals surface area contributed by atoms with Gasteiger partial charge in [-0.25, -0.2) is 0 Å². The second kappa shape index (κ2) is 30.9. The Balaban J connectivity index is 0.991. The van der Waals surface area contributed by atoms with E-state index in [9.17, 15) is 0 Å². The molecule has 0 spiro atoms. The van der Waals surface area contributed by atoms with Gasteiger partial charge in [-0.15, -0.1) is 0 Å². The minimum atomic E-state index is -0.364. The van der Waals surface area contributed by atoms with E-state index in [1.807, 2.05) is 0 Å². The van der Waals surface area contributed by atoms with E-state index >= 15 is 0 Å². The number of hydrogen-bond donors (Lipinski definition) is 0. The SMILES string of the molecule is CC(C)(C)c1cc(-c2ccccc2N2c3cc(-n4c(-c5ccccc5)c(-c5ccccc5)c(-c5ccccc5)c4-c4ccccc4)ccc3B3c4ccc(-n5c(-c6ccccc6)c(-c6ccccc6)c(-c6ccccc6)c5-c5ccccc5)cc4N(c4ccccc4-c4cc(C(C)(C)C)cc(C(C)(C)C)c4)c4cc(C(C)(C)C)cc2c43)cc(C(C)(C)C)c1. The molecular formula is C118H107BN4. The second-order valence-corrected chi connectivity index (χ2v) is 38.9. The molecule has 0 radical (unpaired) electrons. The Labute approximate surface area is 729 Å². The highest BCUT2D eigenvalue weighted by Gasteiger charge is 2.46. The molecular weight excluding hydrogens is 1480 g/mol. The zero-order valence-corrected chi connectivity index (χ0v) is 73.7. The summed E-state index contributed by atoms with van der Waals surface area (Å²) < 4.78 is 5.24. The highest BCUT2D eigenvalue weighted by atomic mass is 15.2. The largest absolute Gasteiger partial charge is 0.311 e. The molecule has 4 heterocycles. The van der Waals surface area contributed by atoms with Gasteiger partial charge in [-0.2, -0.15) is 0 Å². The molecule has 123 heavy (non-hydrogen) atoms. The van der Waals surface area contributed by atoms with E-state index in [0.29, 0.717) is 0 Å². The van der Waals surface area contributed by atoms with Crippen LogP contribution in [0.5, 0.6) is 0 Å². The lowest BCUT2D eigenvalue weighted by Crippen LogP contribution is -2.61. The molecule has 2 aliphatic rings. The predicted octanol–water partition coefficient (Wildman–Crippen LogP) is 30.5. The number of benzene rings is 15. The first-order valence-electron chi connectivity index (χ1n) is 43.8. The summed E-state index contributed by atoms with van der Waals surface area (Å²) in [5, 5.41) is 0. The van der Waals surface area contributed by atoms with E-state index in [4.69, 9.17) is 0 Å². The van der Waals surface area contributed by atoms with E-state index in [1.54, 1.807) is 0 Å². The lowest BCUT2D eigenvalue weighted by molar-refractivity contribution is 0.568. The van der Waals surface area contributed by atoms with Crippen molar-refractivity contribution in [3.05, 3.63) is 404 Å². The van der Waals surface area contributed by atoms with E-state index in [0.717, 1.165) is 124 Å². The summed E-state index contributed by atoms with van der Waals surface area (Å²) in [6.45, 7) is 35.3. The quantitative estimate of drug-likeness (QED) is 0.101. The topological polar surface area (TPSA) is 16.3 Å². The van der Waals surface area contributed by atoms with Gasteiger partial charge in [-0.1, -0.05) is 431 Å². The normalized spacial score (nSPS) is 12.8. The van der Waals surface area contributed by atoms with Gasteiger partial charge < -0.3 is 18.9 Å². The van der Waals surface area contributed by atoms with E-state index in [1.165, 1.54) is 77.6 Å². The van der Waals surface area contributed by atoms with Gasteiger partial charge in [0.05, 0.1) is 34.2 Å². The summed E-state index contributed by atoms with van der Waals surface area (Å²) >= 11 is 0. The Hall–Kier alpha value is -13.5. The van der Waals surface area contributed by atoms with Crippen LogP contribution in [0.25, 0.3) is 123 Å². The summed E-state index contributed by atoms with van der Waals surface area (Å²) in [6, 6.07) is 143. The molecule has 0 fully saturated rings. The molecule has 0 bridgehead atoms. The number of rotatable bonds is 14. The molecule has 0 unspecified atom stereocenters. The van der Waals surface area contributed by atoms with Crippen molar-refractivity contribution in [2.75, 3.05) is 9.80 Å². The molecule has 0 aliphatic carbocycles. The highest BCUT2D eigenvalue weighted by molar-refractivity contribution is 7.00. The van der Waals surface area contributed by atoms with Gasteiger partial charge in [0.1, 0.15) is 0 Å². The fourth-order valence-electron chi connectivity index (χ4n) is 19.0. The molecule has 19 rings (SSSR count). The maximum atomic E-state index is 2.71. The summed E-state index contributed by atoms with van der Waals surface area (Å²) in [7, 11) is 0. The van der Waals surface area contributed by atoms with Crippen molar-refractivity contribution in [3.8, 4) is 123 Å². The summed E-state index contributed by atoms with van der Waals surface area (Å²) in [6.07, 6.45) is 0. The Morgan fingerprint density at radius 3 is 0.667 bits per heavy atom. The lowest BCUT2D eigenvalue weighted by atomic mass is 9.33. The first kappa shape index (κ1) is 79.3. The second-order valence-electron chi connectivity index (χ2n) is 38.9. The molecule has 602 valence electrons. The maximum Gasteiger partial charge on any atom is 0.252 e. The third-order valence-corrected chi connectivity index (χ3v) is 25.4. The summed E-state index contributed by atoms with van der Waals surface area (Å²) in [5.41, 5.74) is 40.7. The highest BCUT2D eigenvalue weighted by Crippen LogP contribution is 2.57. The van der Waals surface area contributed by atoms with Crippen LogP contribution in [0.15, 0.2) is 376 Å². The van der Waals surface area contributed by atoms with Crippen LogP contribution >= 0.6 is 0 Å². The van der Waals surface area contributed by atoms with Gasteiger partial charge in [0.15, 0.2) is 0 Å². The Morgan fingerprint density at radius 1 is 0.187 bits per heavy atom. The monoisotopic (exact) mass is 1590 g/mol. The van der Waals surface area contributed by atoms with E-state index < -0.39 is 0 Å². The molecule has 17 aromatic rings. The van der Waals surface area contributed by atoms with Crippen LogP contribution in [0.3, 0.4) is 0 Å². The van der Waals surface area contributed by atoms with Crippen molar-refractivity contribution in [2.45, 2.75) is 131 Å². The minimum Gasteiger partial charge on any atom is -0.311 e. The fraction of sp³-hybridized carbons (Fsp3) is 0.169. The molecule has 0 saturated heterocycles. The van der Waals surface area contributed by atoms with Gasteiger partial charge in [0, 0.05) is 67.5 Å². The van der Waals surface area contributed by atoms with Crippen LogP contribution in [0, 0.1) is 0 Å². The van der Waals surface area contributed by atoms with Gasteiger partial charge in [-0.3, -0.25) is 0 Å². The average molecular weight is 1590 g/mol. The average Bonchev–Trinajstić information content (AvgIpc) is 1.06. The smallest absolute Gasteiger partial charge is 0.252 e. The standard InChI is InChI=1S/C118H107BN4/c1-114(2,3)88-68-86(69-89(72-88)115(4,5)6)95-60-40-42-62-99(95)122-101-76-93(120-110(82-52-32-20-33-53-82)105(78-44-24-16-25-45-78)106(79-46-26-17-27-47-79)111(120)83-54-34-21-35-55-83)64-66-97(101)119-98-67-65-94(121-112(84-56-36-22-37-57-84)107(80-48-28-18-29-49-80)108(81-50-30-19-31-51-81)113(121)85-58-38-23-39-59-85)77-102(98)123(104-75-92(118(13,14)15)74-103(122)109(104)119)100-63-43-41-61-96(100)87-70-90(116(7,8)9)73-91(71-87)117(10,11)12/h16-77H,1-15H3. The zero-order chi connectivity index (χ0) is 85.0. The van der Waals surface area contributed by atoms with Crippen molar-refractivity contribution >= 4 is 57.2 Å². The maximum absolute atomic E-state index is 2.71. The number of anilines is 6. The molecule has 0 N–H and O–H groups in total. The molecule has 4 nitrogen and oxygen atoms in total. The predicted molar refractivity (Wildman–Crippen MR) is 527 cm³/mol. The molecule has 2 aliphatic heterocycles. The molecule has 5 heteroatoms. The molecule has 0 amide bonds. The van der Waals surface area contributed by atoms with Gasteiger partial charge >= 0.3 is 0 Å². The third-order valence-electron chi connectivity index (χ3n) is 25.4. The zero-order valence-electron chi connectivity index (χ0n) is 73.7. The first-order valence-corrected chi connectivity index (χ1v) is 43.8. The minimum absolute atomic E-state index is 0.150. The van der Waals surface area contributed by atoms with Crippen molar-refractivity contribution in [3.63, 3.8) is 0 Å². The van der Waals surface area contributed by atoms with Crippen LogP contribution in [-0.2, 0) is 27.1 Å². The van der Waals surface area contributed by atoms with Gasteiger partial charge in [0.25, 0.3) is 6.71 Å². The number of fused-ring (bicyclic) bond motifs is 4. The van der Waals surface area contributed by atoms with Gasteiger partial charge in [0.2, 0.25) is 0 Å². The number of hydrogen-bond acceptors (Lipinski definition) is 2. The van der Waals surface area contributed by atoms with E-state index in [2.05, 4.69) is 499 Å². The number of aromatic nitrogens is 2. The molecule has 0 saturated carbocycles. The van der Waals surface area contributed by atoms with Crippen molar-refractivity contribution in [2.24, 2.45) is 0 Å².